The summed E-state index contributed by atoms with van der Waals surface area (Å²) in [5.41, 5.74) is 3.22. The van der Waals surface area contributed by atoms with E-state index in [1.807, 2.05) is 24.3 Å². The van der Waals surface area contributed by atoms with Crippen molar-refractivity contribution >= 4 is 40.0 Å². The molecule has 4 rings (SSSR count). The van der Waals surface area contributed by atoms with Crippen LogP contribution in [0.2, 0.25) is 0 Å². The predicted molar refractivity (Wildman–Crippen MR) is 123 cm³/mol. The number of aromatic nitrogens is 1. The van der Waals surface area contributed by atoms with Crippen LogP contribution in [0, 0.1) is 0 Å². The molecule has 0 bridgehead atoms. The van der Waals surface area contributed by atoms with E-state index in [-0.39, 0.29) is 11.0 Å². The van der Waals surface area contributed by atoms with Crippen molar-refractivity contribution in [3.8, 4) is 23.0 Å². The third kappa shape index (κ3) is 4.65. The Hall–Kier alpha value is -3.91. The Labute approximate surface area is 184 Å². The maximum atomic E-state index is 12.4. The van der Waals surface area contributed by atoms with Crippen molar-refractivity contribution in [1.29, 1.82) is 0 Å². The molecule has 0 spiro atoms. The number of hydrogen-bond donors (Lipinski definition) is 2. The first-order valence-electron chi connectivity index (χ1n) is 9.37. The van der Waals surface area contributed by atoms with Gasteiger partial charge in [0.15, 0.2) is 10.7 Å². The SMILES string of the molecule is COc1cccc(C(=O)NC(=S)Nc2ccc3oc(-c4cccc(OC)c4)nc3c2)c1. The van der Waals surface area contributed by atoms with E-state index in [1.54, 1.807) is 56.7 Å². The van der Waals surface area contributed by atoms with Gasteiger partial charge in [-0.15, -0.1) is 0 Å². The first kappa shape index (κ1) is 20.4. The van der Waals surface area contributed by atoms with Gasteiger partial charge in [-0.2, -0.15) is 0 Å². The normalized spacial score (nSPS) is 10.5. The molecule has 3 aromatic carbocycles. The van der Waals surface area contributed by atoms with E-state index in [0.29, 0.717) is 34.0 Å². The molecular formula is C23H19N3O4S. The van der Waals surface area contributed by atoms with E-state index >= 15 is 0 Å². The number of hydrogen-bond acceptors (Lipinski definition) is 6. The minimum Gasteiger partial charge on any atom is -0.497 e. The molecule has 2 N–H and O–H groups in total. The lowest BCUT2D eigenvalue weighted by Gasteiger charge is -2.10. The van der Waals surface area contributed by atoms with Gasteiger partial charge < -0.3 is 19.2 Å². The number of benzene rings is 3. The monoisotopic (exact) mass is 433 g/mol. The number of carbonyl (C=O) groups is 1. The number of amides is 1. The zero-order valence-corrected chi connectivity index (χ0v) is 17.7. The van der Waals surface area contributed by atoms with Gasteiger partial charge in [0.2, 0.25) is 5.89 Å². The van der Waals surface area contributed by atoms with Crippen molar-refractivity contribution in [1.82, 2.24) is 10.3 Å². The summed E-state index contributed by atoms with van der Waals surface area (Å²) >= 11 is 5.27. The molecular weight excluding hydrogens is 414 g/mol. The van der Waals surface area contributed by atoms with Gasteiger partial charge in [-0.1, -0.05) is 12.1 Å². The fourth-order valence-electron chi connectivity index (χ4n) is 2.99. The van der Waals surface area contributed by atoms with Gasteiger partial charge in [-0.25, -0.2) is 4.98 Å². The van der Waals surface area contributed by atoms with Crippen LogP contribution >= 0.6 is 12.2 Å². The molecule has 7 nitrogen and oxygen atoms in total. The van der Waals surface area contributed by atoms with Crippen LogP contribution in [-0.2, 0) is 0 Å². The molecule has 0 fully saturated rings. The highest BCUT2D eigenvalue weighted by atomic mass is 32.1. The van der Waals surface area contributed by atoms with Gasteiger partial charge in [-0.05, 0) is 66.8 Å². The third-order valence-electron chi connectivity index (χ3n) is 4.52. The van der Waals surface area contributed by atoms with E-state index in [1.165, 1.54) is 0 Å². The van der Waals surface area contributed by atoms with Crippen LogP contribution in [0.5, 0.6) is 11.5 Å². The average Bonchev–Trinajstić information content (AvgIpc) is 3.22. The molecule has 31 heavy (non-hydrogen) atoms. The van der Waals surface area contributed by atoms with Crippen LogP contribution < -0.4 is 20.1 Å². The topological polar surface area (TPSA) is 85.6 Å². The number of nitrogens with one attached hydrogen (secondary N) is 2. The summed E-state index contributed by atoms with van der Waals surface area (Å²) in [5.74, 6) is 1.47. The minimum atomic E-state index is -0.334. The maximum Gasteiger partial charge on any atom is 0.257 e. The van der Waals surface area contributed by atoms with Gasteiger partial charge >= 0.3 is 0 Å². The fourth-order valence-corrected chi connectivity index (χ4v) is 3.20. The van der Waals surface area contributed by atoms with Gasteiger partial charge in [0, 0.05) is 16.8 Å². The zero-order valence-electron chi connectivity index (χ0n) is 16.8. The molecule has 1 heterocycles. The molecule has 0 unspecified atom stereocenters. The summed E-state index contributed by atoms with van der Waals surface area (Å²) in [4.78, 5) is 17.0. The van der Waals surface area contributed by atoms with E-state index < -0.39 is 0 Å². The molecule has 0 saturated carbocycles. The lowest BCUT2D eigenvalue weighted by molar-refractivity contribution is 0.0977. The molecule has 0 aliphatic carbocycles. The highest BCUT2D eigenvalue weighted by Gasteiger charge is 2.12. The summed E-state index contributed by atoms with van der Waals surface area (Å²) in [6.45, 7) is 0. The van der Waals surface area contributed by atoms with Crippen LogP contribution in [-0.4, -0.2) is 30.2 Å². The van der Waals surface area contributed by atoms with Crippen LogP contribution in [0.1, 0.15) is 10.4 Å². The van der Waals surface area contributed by atoms with Crippen LogP contribution in [0.25, 0.3) is 22.6 Å². The van der Waals surface area contributed by atoms with E-state index in [9.17, 15) is 4.79 Å². The summed E-state index contributed by atoms with van der Waals surface area (Å²) in [6.07, 6.45) is 0. The van der Waals surface area contributed by atoms with Crippen LogP contribution in [0.3, 0.4) is 0 Å². The van der Waals surface area contributed by atoms with Crippen molar-refractivity contribution in [2.45, 2.75) is 0 Å². The summed E-state index contributed by atoms with van der Waals surface area (Å²) in [6, 6.07) is 19.7. The molecule has 8 heteroatoms. The van der Waals surface area contributed by atoms with Crippen molar-refractivity contribution < 1.29 is 18.7 Å². The molecule has 0 saturated heterocycles. The second-order valence-electron chi connectivity index (χ2n) is 6.57. The van der Waals surface area contributed by atoms with Gasteiger partial charge in [-0.3, -0.25) is 10.1 Å². The number of carbonyl (C=O) groups excluding carboxylic acids is 1. The smallest absolute Gasteiger partial charge is 0.257 e. The number of ether oxygens (including phenoxy) is 2. The quantitative estimate of drug-likeness (QED) is 0.444. The Bertz CT molecular complexity index is 1270. The van der Waals surface area contributed by atoms with Crippen molar-refractivity contribution in [2.24, 2.45) is 0 Å². The molecule has 156 valence electrons. The summed E-state index contributed by atoms with van der Waals surface area (Å²) < 4.78 is 16.2. The Balaban J connectivity index is 1.48. The highest BCUT2D eigenvalue weighted by molar-refractivity contribution is 7.80. The van der Waals surface area contributed by atoms with E-state index in [0.717, 1.165) is 11.3 Å². The molecule has 0 radical (unpaired) electrons. The molecule has 0 aliphatic rings. The van der Waals surface area contributed by atoms with Gasteiger partial charge in [0.05, 0.1) is 14.2 Å². The lowest BCUT2D eigenvalue weighted by atomic mass is 10.2. The second kappa shape index (κ2) is 8.85. The Morgan fingerprint density at radius 1 is 0.968 bits per heavy atom. The van der Waals surface area contributed by atoms with Crippen molar-refractivity contribution in [3.63, 3.8) is 0 Å². The predicted octanol–water partition coefficient (Wildman–Crippen LogP) is 4.64. The van der Waals surface area contributed by atoms with Crippen molar-refractivity contribution in [2.75, 3.05) is 19.5 Å². The lowest BCUT2D eigenvalue weighted by Crippen LogP contribution is -2.34. The third-order valence-corrected chi connectivity index (χ3v) is 4.73. The summed E-state index contributed by atoms with van der Waals surface area (Å²) in [7, 11) is 3.15. The molecule has 0 aliphatic heterocycles. The molecule has 1 aromatic heterocycles. The number of oxazole rings is 1. The minimum absolute atomic E-state index is 0.170. The molecule has 4 aromatic rings. The largest absolute Gasteiger partial charge is 0.497 e. The average molecular weight is 433 g/mol. The number of anilines is 1. The highest BCUT2D eigenvalue weighted by Crippen LogP contribution is 2.28. The number of methoxy groups -OCH3 is 2. The second-order valence-corrected chi connectivity index (χ2v) is 6.98. The van der Waals surface area contributed by atoms with Crippen LogP contribution in [0.4, 0.5) is 5.69 Å². The molecule has 1 amide bonds. The van der Waals surface area contributed by atoms with E-state index in [4.69, 9.17) is 26.1 Å². The number of nitrogens with zero attached hydrogens (tertiary/aromatic N) is 1. The zero-order chi connectivity index (χ0) is 21.8. The number of rotatable bonds is 5. The Kier molecular flexibility index (Phi) is 5.81. The Morgan fingerprint density at radius 2 is 1.71 bits per heavy atom. The standard InChI is InChI=1S/C23H19N3O4S/c1-28-17-7-3-5-14(11-17)21(27)26-23(31)24-16-9-10-20-19(13-16)25-22(30-20)15-6-4-8-18(12-15)29-2/h3-13H,1-2H3,(H2,24,26,27,31). The van der Waals surface area contributed by atoms with E-state index in [2.05, 4.69) is 15.6 Å². The van der Waals surface area contributed by atoms with Gasteiger partial charge in [0.25, 0.3) is 5.91 Å². The first-order chi connectivity index (χ1) is 15.1. The van der Waals surface area contributed by atoms with Crippen LogP contribution in [0.15, 0.2) is 71.1 Å². The number of thiocarbonyl (C=S) groups is 1. The Morgan fingerprint density at radius 3 is 2.48 bits per heavy atom. The fraction of sp³-hybridized carbons (Fsp3) is 0.0870. The van der Waals surface area contributed by atoms with Gasteiger partial charge in [0.1, 0.15) is 17.0 Å². The maximum absolute atomic E-state index is 12.4. The molecule has 0 atom stereocenters. The summed E-state index contributed by atoms with van der Waals surface area (Å²) in [5, 5.41) is 5.82. The first-order valence-corrected chi connectivity index (χ1v) is 9.78. The van der Waals surface area contributed by atoms with Crippen molar-refractivity contribution in [3.05, 3.63) is 72.3 Å². The number of fused-ring (bicyclic) bond motifs is 1.